The molecule has 0 radical (unpaired) electrons. The number of rotatable bonds is 6. The van der Waals surface area contributed by atoms with Gasteiger partial charge in [0.1, 0.15) is 0 Å². The molecule has 0 aliphatic heterocycles. The highest BCUT2D eigenvalue weighted by atomic mass is 79.9. The van der Waals surface area contributed by atoms with Crippen molar-refractivity contribution in [3.63, 3.8) is 0 Å². The van der Waals surface area contributed by atoms with Crippen molar-refractivity contribution in [2.45, 2.75) is 57.8 Å². The molecule has 4 fully saturated rings. The Bertz CT molecular complexity index is 333. The molecule has 3 heteroatoms. The van der Waals surface area contributed by atoms with Gasteiger partial charge in [0.05, 0.1) is 5.41 Å². The van der Waals surface area contributed by atoms with Gasteiger partial charge in [0.2, 0.25) is 5.91 Å². The lowest BCUT2D eigenvalue weighted by Gasteiger charge is -2.56. The molecule has 0 saturated heterocycles. The van der Waals surface area contributed by atoms with Crippen molar-refractivity contribution in [2.24, 2.45) is 23.2 Å². The maximum absolute atomic E-state index is 13.0. The summed E-state index contributed by atoms with van der Waals surface area (Å²) in [7, 11) is 2.04. The second-order valence-corrected chi connectivity index (χ2v) is 8.47. The van der Waals surface area contributed by atoms with Gasteiger partial charge in [0, 0.05) is 18.9 Å². The molecule has 114 valence electrons. The minimum Gasteiger partial charge on any atom is -0.345 e. The molecule has 2 nitrogen and oxygen atoms in total. The van der Waals surface area contributed by atoms with Crippen LogP contribution in [0, 0.1) is 23.2 Å². The lowest BCUT2D eigenvalue weighted by Crippen LogP contribution is -2.54. The molecule has 0 aromatic heterocycles. The number of hydrogen-bond acceptors (Lipinski definition) is 1. The minimum absolute atomic E-state index is 0.0545. The van der Waals surface area contributed by atoms with Crippen LogP contribution in [0.4, 0.5) is 0 Å². The van der Waals surface area contributed by atoms with Crippen LogP contribution in [0.5, 0.6) is 0 Å². The number of hydrogen-bond donors (Lipinski definition) is 0. The fourth-order valence-corrected chi connectivity index (χ4v) is 5.90. The summed E-state index contributed by atoms with van der Waals surface area (Å²) in [4.78, 5) is 15.0. The Balaban J connectivity index is 1.59. The zero-order chi connectivity index (χ0) is 14.2. The Morgan fingerprint density at radius 2 is 1.60 bits per heavy atom. The number of unbranched alkanes of at least 4 members (excludes halogenated alkanes) is 2. The van der Waals surface area contributed by atoms with Gasteiger partial charge in [0.25, 0.3) is 0 Å². The first-order valence-corrected chi connectivity index (χ1v) is 9.56. The summed E-state index contributed by atoms with van der Waals surface area (Å²) in [5.41, 5.74) is 0.0545. The van der Waals surface area contributed by atoms with E-state index in [1.54, 1.807) is 0 Å². The average molecular weight is 342 g/mol. The molecule has 0 heterocycles. The lowest BCUT2D eigenvalue weighted by molar-refractivity contribution is -0.156. The van der Waals surface area contributed by atoms with E-state index < -0.39 is 0 Å². The third kappa shape index (κ3) is 2.80. The molecule has 0 aromatic carbocycles. The van der Waals surface area contributed by atoms with Gasteiger partial charge in [-0.05, 0) is 69.1 Å². The van der Waals surface area contributed by atoms with Crippen molar-refractivity contribution >= 4 is 21.8 Å². The van der Waals surface area contributed by atoms with Crippen molar-refractivity contribution in [1.29, 1.82) is 0 Å². The molecule has 4 aliphatic rings. The second kappa shape index (κ2) is 5.98. The van der Waals surface area contributed by atoms with Gasteiger partial charge in [-0.2, -0.15) is 0 Å². The summed E-state index contributed by atoms with van der Waals surface area (Å²) in [6, 6.07) is 0. The predicted octanol–water partition coefficient (Wildman–Crippen LogP) is 4.23. The fourth-order valence-electron chi connectivity index (χ4n) is 5.50. The van der Waals surface area contributed by atoms with Crippen molar-refractivity contribution < 1.29 is 4.79 Å². The van der Waals surface area contributed by atoms with E-state index >= 15 is 0 Å². The molecule has 0 spiro atoms. The topological polar surface area (TPSA) is 20.3 Å². The van der Waals surface area contributed by atoms with Gasteiger partial charge in [-0.1, -0.05) is 22.4 Å². The third-order valence-corrected chi connectivity index (χ3v) is 6.53. The Morgan fingerprint density at radius 1 is 1.05 bits per heavy atom. The van der Waals surface area contributed by atoms with Crippen molar-refractivity contribution in [2.75, 3.05) is 18.9 Å². The normalized spacial score (nSPS) is 38.2. The van der Waals surface area contributed by atoms with Crippen LogP contribution in [0.25, 0.3) is 0 Å². The lowest BCUT2D eigenvalue weighted by atomic mass is 9.49. The zero-order valence-corrected chi connectivity index (χ0v) is 14.3. The highest BCUT2D eigenvalue weighted by Crippen LogP contribution is 2.60. The SMILES string of the molecule is CN(CCCCCBr)C(=O)C12CC3CC(CC(C3)C1)C2. The summed E-state index contributed by atoms with van der Waals surface area (Å²) in [5.74, 6) is 3.08. The van der Waals surface area contributed by atoms with E-state index in [1.165, 1.54) is 51.4 Å². The first-order valence-electron chi connectivity index (χ1n) is 8.44. The summed E-state index contributed by atoms with van der Waals surface area (Å²) in [5, 5.41) is 1.08. The van der Waals surface area contributed by atoms with Crippen molar-refractivity contribution in [1.82, 2.24) is 4.90 Å². The standard InChI is InChI=1S/C17H28BrNO/c1-19(6-4-2-3-5-18)16(20)17-10-13-7-14(11-17)9-15(8-13)12-17/h13-15H,2-12H2,1H3. The van der Waals surface area contributed by atoms with Crippen LogP contribution in [0.2, 0.25) is 0 Å². The van der Waals surface area contributed by atoms with Gasteiger partial charge in [-0.25, -0.2) is 0 Å². The molecule has 4 saturated carbocycles. The highest BCUT2D eigenvalue weighted by molar-refractivity contribution is 9.09. The van der Waals surface area contributed by atoms with Crippen LogP contribution in [-0.2, 0) is 4.79 Å². The van der Waals surface area contributed by atoms with Gasteiger partial charge >= 0.3 is 0 Å². The zero-order valence-electron chi connectivity index (χ0n) is 12.7. The summed E-state index contributed by atoms with van der Waals surface area (Å²) in [6.45, 7) is 0.952. The first kappa shape index (κ1) is 14.9. The molecule has 0 atom stereocenters. The summed E-state index contributed by atoms with van der Waals surface area (Å²) in [6.07, 6.45) is 11.4. The molecule has 4 bridgehead atoms. The number of halogens is 1. The Morgan fingerprint density at radius 3 is 2.10 bits per heavy atom. The van der Waals surface area contributed by atoms with Gasteiger partial charge < -0.3 is 4.90 Å². The Kier molecular flexibility index (Phi) is 4.45. The van der Waals surface area contributed by atoms with Crippen LogP contribution in [0.1, 0.15) is 57.8 Å². The van der Waals surface area contributed by atoms with Crippen molar-refractivity contribution in [3.8, 4) is 0 Å². The van der Waals surface area contributed by atoms with E-state index in [4.69, 9.17) is 0 Å². The van der Waals surface area contributed by atoms with E-state index in [1.807, 2.05) is 7.05 Å². The quantitative estimate of drug-likeness (QED) is 0.523. The summed E-state index contributed by atoms with van der Waals surface area (Å²) < 4.78 is 0. The molecule has 1 amide bonds. The third-order valence-electron chi connectivity index (χ3n) is 5.97. The molecule has 4 rings (SSSR count). The predicted molar refractivity (Wildman–Crippen MR) is 85.9 cm³/mol. The number of carbonyl (C=O) groups is 1. The van der Waals surface area contributed by atoms with Crippen LogP contribution in [-0.4, -0.2) is 29.7 Å². The van der Waals surface area contributed by atoms with Gasteiger partial charge in [-0.15, -0.1) is 0 Å². The minimum atomic E-state index is 0.0545. The van der Waals surface area contributed by atoms with E-state index in [-0.39, 0.29) is 5.41 Å². The highest BCUT2D eigenvalue weighted by Gasteiger charge is 2.55. The summed E-state index contributed by atoms with van der Waals surface area (Å²) >= 11 is 3.47. The monoisotopic (exact) mass is 341 g/mol. The average Bonchev–Trinajstić information content (AvgIpc) is 2.41. The van der Waals surface area contributed by atoms with Crippen molar-refractivity contribution in [3.05, 3.63) is 0 Å². The van der Waals surface area contributed by atoms with Crippen LogP contribution >= 0.6 is 15.9 Å². The molecular weight excluding hydrogens is 314 g/mol. The maximum Gasteiger partial charge on any atom is 0.228 e. The molecular formula is C17H28BrNO. The van der Waals surface area contributed by atoms with E-state index in [0.29, 0.717) is 5.91 Å². The molecule has 20 heavy (non-hydrogen) atoms. The molecule has 0 N–H and O–H groups in total. The van der Waals surface area contributed by atoms with Crippen LogP contribution < -0.4 is 0 Å². The van der Waals surface area contributed by atoms with Crippen LogP contribution in [0.15, 0.2) is 0 Å². The maximum atomic E-state index is 13.0. The first-order chi connectivity index (χ1) is 9.63. The number of nitrogens with zero attached hydrogens (tertiary/aromatic N) is 1. The fraction of sp³-hybridized carbons (Fsp3) is 0.941. The Labute approximate surface area is 131 Å². The van der Waals surface area contributed by atoms with E-state index in [9.17, 15) is 4.79 Å². The number of alkyl halides is 1. The largest absolute Gasteiger partial charge is 0.345 e. The molecule has 0 aromatic rings. The van der Waals surface area contributed by atoms with E-state index in [0.717, 1.165) is 36.0 Å². The molecule has 4 aliphatic carbocycles. The van der Waals surface area contributed by atoms with Crippen LogP contribution in [0.3, 0.4) is 0 Å². The second-order valence-electron chi connectivity index (χ2n) is 7.67. The van der Waals surface area contributed by atoms with E-state index in [2.05, 4.69) is 20.8 Å². The number of amides is 1. The molecule has 0 unspecified atom stereocenters. The number of carbonyl (C=O) groups excluding carboxylic acids is 1. The Hall–Kier alpha value is -0.0500. The smallest absolute Gasteiger partial charge is 0.228 e. The van der Waals surface area contributed by atoms with Gasteiger partial charge in [0.15, 0.2) is 0 Å². The van der Waals surface area contributed by atoms with Gasteiger partial charge in [-0.3, -0.25) is 4.79 Å².